The maximum atomic E-state index is 13.0. The highest BCUT2D eigenvalue weighted by Crippen LogP contribution is 2.39. The summed E-state index contributed by atoms with van der Waals surface area (Å²) in [6.45, 7) is 13.4. The second-order valence-corrected chi connectivity index (χ2v) is 8.09. The van der Waals surface area contributed by atoms with E-state index in [1.165, 1.54) is 5.56 Å². The van der Waals surface area contributed by atoms with Crippen molar-refractivity contribution >= 4 is 17.3 Å². The molecule has 1 saturated heterocycles. The van der Waals surface area contributed by atoms with E-state index in [0.29, 0.717) is 44.4 Å². The molecule has 7 nitrogen and oxygen atoms in total. The molecular weight excluding hydrogens is 430 g/mol. The largest absolute Gasteiger partial charge is 0.492 e. The Morgan fingerprint density at radius 3 is 2.50 bits per heavy atom. The summed E-state index contributed by atoms with van der Waals surface area (Å²) in [5.74, 6) is 1.27. The minimum atomic E-state index is -0.0996. The molecular formula is C27H37N3O4. The van der Waals surface area contributed by atoms with Crippen LogP contribution in [0.5, 0.6) is 11.5 Å². The number of hydrogen-bond acceptors (Lipinski definition) is 6. The van der Waals surface area contributed by atoms with Gasteiger partial charge in [0.25, 0.3) is 0 Å². The van der Waals surface area contributed by atoms with Crippen LogP contribution in [0.25, 0.3) is 0 Å². The fourth-order valence-electron chi connectivity index (χ4n) is 3.99. The third-order valence-electron chi connectivity index (χ3n) is 5.60. The molecule has 0 spiro atoms. The van der Waals surface area contributed by atoms with E-state index in [1.54, 1.807) is 0 Å². The molecule has 1 N–H and O–H groups in total. The molecule has 1 heterocycles. The normalized spacial score (nSPS) is 13.6. The smallest absolute Gasteiger partial charge is 0.238 e. The van der Waals surface area contributed by atoms with Gasteiger partial charge in [0.05, 0.1) is 44.3 Å². The van der Waals surface area contributed by atoms with Crippen LogP contribution >= 0.6 is 0 Å². The van der Waals surface area contributed by atoms with Gasteiger partial charge in [-0.05, 0) is 25.8 Å². The number of hydrogen-bond donors (Lipinski definition) is 1. The molecule has 184 valence electrons. The third-order valence-corrected chi connectivity index (χ3v) is 5.60. The van der Waals surface area contributed by atoms with Gasteiger partial charge in [-0.3, -0.25) is 9.69 Å². The molecule has 34 heavy (non-hydrogen) atoms. The standard InChI is InChI=1S/C27H37N3O4/c1-4-13-29(14-12-22-10-8-7-9-11-22)21-27(31)28-23-19-26(34-6-3)24(20-25(23)33-5-2)30-15-17-32-18-16-30/h4,7-11,19-20H,1,5-6,12-18,21H2,2-3H3,(H,28,31). The summed E-state index contributed by atoms with van der Waals surface area (Å²) >= 11 is 0. The summed E-state index contributed by atoms with van der Waals surface area (Å²) in [5.41, 5.74) is 2.83. The Morgan fingerprint density at radius 2 is 1.82 bits per heavy atom. The van der Waals surface area contributed by atoms with Crippen LogP contribution in [-0.4, -0.2) is 70.0 Å². The first kappa shape index (κ1) is 25.6. The van der Waals surface area contributed by atoms with E-state index >= 15 is 0 Å². The lowest BCUT2D eigenvalue weighted by Crippen LogP contribution is -2.36. The predicted octanol–water partition coefficient (Wildman–Crippen LogP) is 3.99. The van der Waals surface area contributed by atoms with E-state index < -0.39 is 0 Å². The van der Waals surface area contributed by atoms with Crippen molar-refractivity contribution in [3.63, 3.8) is 0 Å². The molecule has 3 rings (SSSR count). The molecule has 1 amide bonds. The fraction of sp³-hybridized carbons (Fsp3) is 0.444. The van der Waals surface area contributed by atoms with Gasteiger partial charge in [-0.2, -0.15) is 0 Å². The summed E-state index contributed by atoms with van der Waals surface area (Å²) in [7, 11) is 0. The average Bonchev–Trinajstić information content (AvgIpc) is 2.85. The number of amides is 1. The van der Waals surface area contributed by atoms with Gasteiger partial charge in [0.1, 0.15) is 11.5 Å². The second-order valence-electron chi connectivity index (χ2n) is 8.09. The highest BCUT2D eigenvalue weighted by atomic mass is 16.5. The van der Waals surface area contributed by atoms with Gasteiger partial charge in [0, 0.05) is 38.3 Å². The maximum Gasteiger partial charge on any atom is 0.238 e. The minimum Gasteiger partial charge on any atom is -0.492 e. The highest BCUT2D eigenvalue weighted by molar-refractivity contribution is 5.94. The molecule has 0 atom stereocenters. The van der Waals surface area contributed by atoms with E-state index in [-0.39, 0.29) is 12.5 Å². The van der Waals surface area contributed by atoms with Crippen molar-refractivity contribution in [3.05, 3.63) is 60.7 Å². The first-order chi connectivity index (χ1) is 16.6. The Hall–Kier alpha value is -3.03. The molecule has 0 aliphatic carbocycles. The number of benzene rings is 2. The van der Waals surface area contributed by atoms with Crippen LogP contribution in [0.1, 0.15) is 19.4 Å². The Labute approximate surface area is 203 Å². The minimum absolute atomic E-state index is 0.0996. The van der Waals surface area contributed by atoms with Crippen LogP contribution < -0.4 is 19.7 Å². The van der Waals surface area contributed by atoms with E-state index in [0.717, 1.165) is 37.5 Å². The summed E-state index contributed by atoms with van der Waals surface area (Å²) in [4.78, 5) is 17.3. The number of anilines is 2. The van der Waals surface area contributed by atoms with Crippen LogP contribution in [0.15, 0.2) is 55.1 Å². The number of carbonyl (C=O) groups excluding carboxylic acids is 1. The molecule has 1 aliphatic heterocycles. The van der Waals surface area contributed by atoms with Crippen LogP contribution in [0.4, 0.5) is 11.4 Å². The van der Waals surface area contributed by atoms with E-state index in [9.17, 15) is 4.79 Å². The number of morpholine rings is 1. The molecule has 0 saturated carbocycles. The summed E-state index contributed by atoms with van der Waals surface area (Å²) in [5, 5.41) is 3.05. The number of nitrogens with zero attached hydrogens (tertiary/aromatic N) is 2. The summed E-state index contributed by atoms with van der Waals surface area (Å²) in [6, 6.07) is 14.1. The van der Waals surface area contributed by atoms with Crippen LogP contribution in [0.2, 0.25) is 0 Å². The third kappa shape index (κ3) is 7.50. The van der Waals surface area contributed by atoms with Crippen molar-refractivity contribution in [2.45, 2.75) is 20.3 Å². The summed E-state index contributed by atoms with van der Waals surface area (Å²) in [6.07, 6.45) is 2.70. The predicted molar refractivity (Wildman–Crippen MR) is 137 cm³/mol. The van der Waals surface area contributed by atoms with Crippen molar-refractivity contribution in [2.75, 3.05) is 69.4 Å². The van der Waals surface area contributed by atoms with Crippen molar-refractivity contribution in [3.8, 4) is 11.5 Å². The topological polar surface area (TPSA) is 63.3 Å². The summed E-state index contributed by atoms with van der Waals surface area (Å²) < 4.78 is 17.3. The van der Waals surface area contributed by atoms with E-state index in [2.05, 4.69) is 33.8 Å². The van der Waals surface area contributed by atoms with Crippen molar-refractivity contribution < 1.29 is 19.0 Å². The van der Waals surface area contributed by atoms with E-state index in [1.807, 2.05) is 50.3 Å². The Bertz CT molecular complexity index is 914. The van der Waals surface area contributed by atoms with Gasteiger partial charge in [-0.1, -0.05) is 36.4 Å². The van der Waals surface area contributed by atoms with Gasteiger partial charge >= 0.3 is 0 Å². The zero-order chi connectivity index (χ0) is 24.2. The molecule has 0 bridgehead atoms. The molecule has 1 fully saturated rings. The zero-order valence-corrected chi connectivity index (χ0v) is 20.4. The van der Waals surface area contributed by atoms with Crippen LogP contribution in [0, 0.1) is 0 Å². The zero-order valence-electron chi connectivity index (χ0n) is 20.4. The van der Waals surface area contributed by atoms with Gasteiger partial charge in [0.2, 0.25) is 5.91 Å². The SMILES string of the molecule is C=CCN(CCc1ccccc1)CC(=O)Nc1cc(OCC)c(N2CCOCC2)cc1OCC. The molecule has 2 aromatic rings. The fourth-order valence-corrected chi connectivity index (χ4v) is 3.99. The van der Waals surface area contributed by atoms with Crippen LogP contribution in [-0.2, 0) is 16.0 Å². The monoisotopic (exact) mass is 467 g/mol. The van der Waals surface area contributed by atoms with Crippen molar-refractivity contribution in [2.24, 2.45) is 0 Å². The Balaban J connectivity index is 1.73. The Morgan fingerprint density at radius 1 is 1.12 bits per heavy atom. The van der Waals surface area contributed by atoms with Gasteiger partial charge in [0.15, 0.2) is 0 Å². The van der Waals surface area contributed by atoms with Crippen molar-refractivity contribution in [1.82, 2.24) is 4.90 Å². The molecule has 0 unspecified atom stereocenters. The Kier molecular flexibility index (Phi) is 10.3. The number of ether oxygens (including phenoxy) is 3. The van der Waals surface area contributed by atoms with E-state index in [4.69, 9.17) is 14.2 Å². The lowest BCUT2D eigenvalue weighted by molar-refractivity contribution is -0.117. The molecule has 0 aromatic heterocycles. The molecule has 7 heteroatoms. The molecule has 2 aromatic carbocycles. The van der Waals surface area contributed by atoms with Crippen molar-refractivity contribution in [1.29, 1.82) is 0 Å². The average molecular weight is 468 g/mol. The first-order valence-electron chi connectivity index (χ1n) is 12.1. The molecule has 0 radical (unpaired) electrons. The second kappa shape index (κ2) is 13.6. The molecule has 1 aliphatic rings. The lowest BCUT2D eigenvalue weighted by atomic mass is 10.1. The number of carbonyl (C=O) groups is 1. The lowest BCUT2D eigenvalue weighted by Gasteiger charge is -2.31. The maximum absolute atomic E-state index is 13.0. The number of rotatable bonds is 13. The van der Waals surface area contributed by atoms with Gasteiger partial charge in [-0.25, -0.2) is 0 Å². The van der Waals surface area contributed by atoms with Gasteiger partial charge in [-0.15, -0.1) is 6.58 Å². The van der Waals surface area contributed by atoms with Crippen LogP contribution in [0.3, 0.4) is 0 Å². The number of nitrogens with one attached hydrogen (secondary N) is 1. The first-order valence-corrected chi connectivity index (χ1v) is 12.1. The quantitative estimate of drug-likeness (QED) is 0.450. The van der Waals surface area contributed by atoms with Gasteiger partial charge < -0.3 is 24.4 Å². The highest BCUT2D eigenvalue weighted by Gasteiger charge is 2.21.